The molecule has 1 amide bonds. The van der Waals surface area contributed by atoms with E-state index < -0.39 is 11.5 Å². The van der Waals surface area contributed by atoms with Gasteiger partial charge in [0.15, 0.2) is 11.5 Å². The summed E-state index contributed by atoms with van der Waals surface area (Å²) < 4.78 is 6.82. The van der Waals surface area contributed by atoms with E-state index in [2.05, 4.69) is 10.5 Å². The van der Waals surface area contributed by atoms with Gasteiger partial charge in [0, 0.05) is 11.9 Å². The number of aromatic nitrogens is 1. The molecule has 0 atom stereocenters. The number of carbonyl (C=O) groups excluding carboxylic acids is 1. The molecule has 8 heteroatoms. The van der Waals surface area contributed by atoms with Crippen molar-refractivity contribution in [2.24, 2.45) is 5.10 Å². The van der Waals surface area contributed by atoms with Crippen LogP contribution in [0.3, 0.4) is 0 Å². The number of para-hydroxylation sites is 1. The number of fused-ring (bicyclic) bond motifs is 1. The molecular weight excluding hydrogens is 398 g/mol. The molecule has 0 saturated heterocycles. The van der Waals surface area contributed by atoms with Crippen molar-refractivity contribution < 1.29 is 19.7 Å². The van der Waals surface area contributed by atoms with E-state index in [9.17, 15) is 19.8 Å². The molecule has 0 aliphatic carbocycles. The van der Waals surface area contributed by atoms with Crippen LogP contribution in [0, 0.1) is 0 Å². The zero-order valence-corrected chi connectivity index (χ0v) is 17.5. The molecule has 0 unspecified atom stereocenters. The molecule has 0 bridgehead atoms. The molecule has 2 aromatic carbocycles. The summed E-state index contributed by atoms with van der Waals surface area (Å²) in [4.78, 5) is 25.7. The molecule has 1 heterocycles. The molecule has 3 N–H and O–H groups in total. The molecule has 31 heavy (non-hydrogen) atoms. The van der Waals surface area contributed by atoms with Crippen LogP contribution in [0.15, 0.2) is 52.4 Å². The van der Waals surface area contributed by atoms with Crippen LogP contribution >= 0.6 is 0 Å². The van der Waals surface area contributed by atoms with Gasteiger partial charge in [0.1, 0.15) is 11.3 Å². The Bertz CT molecular complexity index is 1180. The van der Waals surface area contributed by atoms with E-state index in [1.54, 1.807) is 43.3 Å². The summed E-state index contributed by atoms with van der Waals surface area (Å²) in [6.07, 6.45) is 2.99. The fraction of sp³-hybridized carbons (Fsp3) is 0.261. The molecule has 0 aliphatic heterocycles. The SMILES string of the molecule is CCCCn1c(=O)c(C(=O)N/N=C/c2ccc(O)c(OCC)c2)c(O)c2ccccc21. The molecule has 162 valence electrons. The van der Waals surface area contributed by atoms with Crippen LogP contribution in [0.5, 0.6) is 17.2 Å². The van der Waals surface area contributed by atoms with Crippen LogP contribution in [0.1, 0.15) is 42.6 Å². The first kappa shape index (κ1) is 21.9. The number of unbranched alkanes of at least 4 members (excludes halogenated alkanes) is 1. The van der Waals surface area contributed by atoms with Crippen LogP contribution < -0.4 is 15.7 Å². The van der Waals surface area contributed by atoms with E-state index in [1.165, 1.54) is 16.8 Å². The second kappa shape index (κ2) is 9.80. The molecule has 0 saturated carbocycles. The lowest BCUT2D eigenvalue weighted by molar-refractivity contribution is 0.0950. The van der Waals surface area contributed by atoms with Crippen molar-refractivity contribution in [2.75, 3.05) is 6.61 Å². The summed E-state index contributed by atoms with van der Waals surface area (Å²) in [5.41, 5.74) is 2.52. The summed E-state index contributed by atoms with van der Waals surface area (Å²) in [5.74, 6) is -0.886. The number of carbonyl (C=O) groups is 1. The fourth-order valence-electron chi connectivity index (χ4n) is 3.24. The number of ether oxygens (including phenoxy) is 1. The number of hydrogen-bond acceptors (Lipinski definition) is 6. The number of hydrazone groups is 1. The molecular formula is C23H25N3O5. The third-order valence-electron chi connectivity index (χ3n) is 4.77. The number of pyridine rings is 1. The zero-order valence-electron chi connectivity index (χ0n) is 17.5. The second-order valence-corrected chi connectivity index (χ2v) is 6.91. The van der Waals surface area contributed by atoms with E-state index >= 15 is 0 Å². The van der Waals surface area contributed by atoms with E-state index in [4.69, 9.17) is 4.74 Å². The molecule has 1 aromatic heterocycles. The number of aryl methyl sites for hydroxylation is 1. The maximum atomic E-state index is 13.0. The third kappa shape index (κ3) is 4.69. The van der Waals surface area contributed by atoms with Gasteiger partial charge in [-0.2, -0.15) is 5.10 Å². The van der Waals surface area contributed by atoms with Crippen molar-refractivity contribution in [3.63, 3.8) is 0 Å². The number of hydrogen-bond donors (Lipinski definition) is 3. The molecule has 8 nitrogen and oxygen atoms in total. The normalized spacial score (nSPS) is 11.2. The molecule has 3 aromatic rings. The second-order valence-electron chi connectivity index (χ2n) is 6.91. The van der Waals surface area contributed by atoms with Crippen molar-refractivity contribution >= 4 is 23.0 Å². The number of benzene rings is 2. The highest BCUT2D eigenvalue weighted by Crippen LogP contribution is 2.27. The van der Waals surface area contributed by atoms with Crippen molar-refractivity contribution in [3.05, 3.63) is 63.9 Å². The number of phenols is 1. The Morgan fingerprint density at radius 1 is 1.19 bits per heavy atom. The number of phenolic OH excluding ortho intramolecular Hbond substituents is 1. The Morgan fingerprint density at radius 3 is 2.71 bits per heavy atom. The molecule has 0 spiro atoms. The van der Waals surface area contributed by atoms with Crippen LogP contribution in [0.4, 0.5) is 0 Å². The largest absolute Gasteiger partial charge is 0.506 e. The zero-order chi connectivity index (χ0) is 22.4. The van der Waals surface area contributed by atoms with Gasteiger partial charge in [0.05, 0.1) is 18.3 Å². The minimum atomic E-state index is -0.807. The highest BCUT2D eigenvalue weighted by molar-refractivity contribution is 6.02. The monoisotopic (exact) mass is 423 g/mol. The van der Waals surface area contributed by atoms with Crippen molar-refractivity contribution in [1.82, 2.24) is 9.99 Å². The van der Waals surface area contributed by atoms with Gasteiger partial charge in [-0.1, -0.05) is 25.5 Å². The third-order valence-corrected chi connectivity index (χ3v) is 4.77. The van der Waals surface area contributed by atoms with Gasteiger partial charge in [-0.15, -0.1) is 0 Å². The average molecular weight is 423 g/mol. The Labute approximate surface area is 179 Å². The number of rotatable bonds is 8. The summed E-state index contributed by atoms with van der Waals surface area (Å²) in [6, 6.07) is 11.5. The van der Waals surface area contributed by atoms with Gasteiger partial charge in [-0.25, -0.2) is 5.43 Å². The Hall–Kier alpha value is -3.81. The Morgan fingerprint density at radius 2 is 1.97 bits per heavy atom. The summed E-state index contributed by atoms with van der Waals surface area (Å²) in [5, 5.41) is 24.7. The van der Waals surface area contributed by atoms with E-state index in [0.29, 0.717) is 35.4 Å². The maximum absolute atomic E-state index is 13.0. The predicted octanol–water partition coefficient (Wildman–Crippen LogP) is 3.38. The van der Waals surface area contributed by atoms with Crippen molar-refractivity contribution in [3.8, 4) is 17.2 Å². The predicted molar refractivity (Wildman–Crippen MR) is 119 cm³/mol. The van der Waals surface area contributed by atoms with E-state index in [0.717, 1.165) is 12.8 Å². The minimum absolute atomic E-state index is 0.00301. The quantitative estimate of drug-likeness (QED) is 0.380. The maximum Gasteiger partial charge on any atom is 0.280 e. The van der Waals surface area contributed by atoms with Crippen LogP contribution in [0.25, 0.3) is 10.9 Å². The Balaban J connectivity index is 1.91. The Kier molecular flexibility index (Phi) is 6.92. The van der Waals surface area contributed by atoms with Crippen molar-refractivity contribution in [2.45, 2.75) is 33.2 Å². The van der Waals surface area contributed by atoms with Crippen LogP contribution in [0.2, 0.25) is 0 Å². The molecule has 0 aliphatic rings. The molecule has 0 radical (unpaired) electrons. The van der Waals surface area contributed by atoms with Gasteiger partial charge in [0.2, 0.25) is 0 Å². The average Bonchev–Trinajstić information content (AvgIpc) is 2.76. The van der Waals surface area contributed by atoms with Crippen molar-refractivity contribution in [1.29, 1.82) is 0 Å². The number of aromatic hydroxyl groups is 2. The standard InChI is InChI=1S/C23H25N3O5/c1-3-5-12-26-17-9-7-6-8-16(17)21(28)20(23(26)30)22(29)25-24-14-15-10-11-18(27)19(13-15)31-4-2/h6-11,13-14,27-28H,3-5,12H2,1-2H3,(H,25,29)/b24-14+. The first-order valence-electron chi connectivity index (χ1n) is 10.1. The van der Waals surface area contributed by atoms with E-state index in [-0.39, 0.29) is 17.1 Å². The number of nitrogens with one attached hydrogen (secondary N) is 1. The minimum Gasteiger partial charge on any atom is -0.506 e. The lowest BCUT2D eigenvalue weighted by Gasteiger charge is -2.14. The van der Waals surface area contributed by atoms with Gasteiger partial charge in [-0.3, -0.25) is 9.59 Å². The van der Waals surface area contributed by atoms with Crippen LogP contribution in [-0.2, 0) is 6.54 Å². The lowest BCUT2D eigenvalue weighted by Crippen LogP contribution is -2.31. The first-order valence-corrected chi connectivity index (χ1v) is 10.1. The smallest absolute Gasteiger partial charge is 0.280 e. The topological polar surface area (TPSA) is 113 Å². The number of nitrogens with zero attached hydrogens (tertiary/aromatic N) is 2. The van der Waals surface area contributed by atoms with Gasteiger partial charge in [-0.05, 0) is 49.2 Å². The highest BCUT2D eigenvalue weighted by atomic mass is 16.5. The van der Waals surface area contributed by atoms with E-state index in [1.807, 2.05) is 6.92 Å². The van der Waals surface area contributed by atoms with Gasteiger partial charge in [0.25, 0.3) is 11.5 Å². The van der Waals surface area contributed by atoms with Crippen LogP contribution in [-0.4, -0.2) is 33.5 Å². The summed E-state index contributed by atoms with van der Waals surface area (Å²) in [7, 11) is 0. The lowest BCUT2D eigenvalue weighted by atomic mass is 10.1. The molecule has 0 fully saturated rings. The number of amides is 1. The highest BCUT2D eigenvalue weighted by Gasteiger charge is 2.21. The summed E-state index contributed by atoms with van der Waals surface area (Å²) >= 11 is 0. The van der Waals surface area contributed by atoms with Gasteiger partial charge < -0.3 is 19.5 Å². The van der Waals surface area contributed by atoms with Gasteiger partial charge >= 0.3 is 0 Å². The first-order chi connectivity index (χ1) is 15.0. The molecule has 3 rings (SSSR count). The summed E-state index contributed by atoms with van der Waals surface area (Å²) in [6.45, 7) is 4.63. The fourth-order valence-corrected chi connectivity index (χ4v) is 3.24.